The Balaban J connectivity index is 2.33. The first-order valence-corrected chi connectivity index (χ1v) is 5.93. The minimum Gasteiger partial charge on any atom is -0.319 e. The van der Waals surface area contributed by atoms with Gasteiger partial charge in [-0.05, 0) is 18.2 Å². The van der Waals surface area contributed by atoms with Crippen LogP contribution in [0.5, 0.6) is 0 Å². The van der Waals surface area contributed by atoms with Crippen LogP contribution in [-0.2, 0) is 13.2 Å². The Labute approximate surface area is 121 Å². The van der Waals surface area contributed by atoms with Gasteiger partial charge in [0.2, 0.25) is 0 Å². The Morgan fingerprint density at radius 2 is 2.05 bits per heavy atom. The standard InChI is InChI=1S/C12H8ClF4N3O/c1-20-5-7(10(19-20)12(15,16)17)11(21)18-9-3-2-6(13)4-8(9)14/h2-5H,1H3,(H,18,21). The van der Waals surface area contributed by atoms with Gasteiger partial charge in [-0.3, -0.25) is 9.48 Å². The summed E-state index contributed by atoms with van der Waals surface area (Å²) >= 11 is 5.54. The van der Waals surface area contributed by atoms with Crippen molar-refractivity contribution in [2.24, 2.45) is 7.05 Å². The topological polar surface area (TPSA) is 46.9 Å². The van der Waals surface area contributed by atoms with Crippen LogP contribution in [-0.4, -0.2) is 15.7 Å². The highest BCUT2D eigenvalue weighted by atomic mass is 35.5. The summed E-state index contributed by atoms with van der Waals surface area (Å²) in [6.45, 7) is 0. The molecule has 21 heavy (non-hydrogen) atoms. The van der Waals surface area contributed by atoms with E-state index in [1.807, 2.05) is 0 Å². The third-order valence-electron chi connectivity index (χ3n) is 2.52. The minimum atomic E-state index is -4.79. The number of hydrogen-bond donors (Lipinski definition) is 1. The Morgan fingerprint density at radius 3 is 2.62 bits per heavy atom. The normalized spacial score (nSPS) is 11.5. The fourth-order valence-corrected chi connectivity index (χ4v) is 1.80. The molecule has 9 heteroatoms. The van der Waals surface area contributed by atoms with Gasteiger partial charge < -0.3 is 5.32 Å². The van der Waals surface area contributed by atoms with Gasteiger partial charge in [0, 0.05) is 18.3 Å². The molecule has 2 aromatic rings. The van der Waals surface area contributed by atoms with Gasteiger partial charge in [-0.2, -0.15) is 18.3 Å². The number of nitrogens with one attached hydrogen (secondary N) is 1. The lowest BCUT2D eigenvalue weighted by atomic mass is 10.2. The average molecular weight is 322 g/mol. The molecule has 1 amide bonds. The number of carbonyl (C=O) groups is 1. The summed E-state index contributed by atoms with van der Waals surface area (Å²) in [4.78, 5) is 11.9. The van der Waals surface area contributed by atoms with Crippen molar-refractivity contribution in [1.29, 1.82) is 0 Å². The quantitative estimate of drug-likeness (QED) is 0.861. The SMILES string of the molecule is Cn1cc(C(=O)Nc2ccc(Cl)cc2F)c(C(F)(F)F)n1. The maximum absolute atomic E-state index is 13.5. The lowest BCUT2D eigenvalue weighted by Crippen LogP contribution is -2.18. The van der Waals surface area contributed by atoms with E-state index in [1.54, 1.807) is 0 Å². The molecule has 1 heterocycles. The second kappa shape index (κ2) is 5.36. The van der Waals surface area contributed by atoms with Gasteiger partial charge in [-0.15, -0.1) is 0 Å². The smallest absolute Gasteiger partial charge is 0.319 e. The number of benzene rings is 1. The van der Waals surface area contributed by atoms with E-state index in [9.17, 15) is 22.4 Å². The van der Waals surface area contributed by atoms with Crippen LogP contribution in [0.4, 0.5) is 23.2 Å². The maximum Gasteiger partial charge on any atom is 0.435 e. The molecule has 0 saturated carbocycles. The molecule has 112 valence electrons. The van der Waals surface area contributed by atoms with Crippen LogP contribution in [0.25, 0.3) is 0 Å². The summed E-state index contributed by atoms with van der Waals surface area (Å²) < 4.78 is 52.6. The number of nitrogens with zero attached hydrogens (tertiary/aromatic N) is 2. The summed E-state index contributed by atoms with van der Waals surface area (Å²) in [5.74, 6) is -1.97. The number of aromatic nitrogens is 2. The van der Waals surface area contributed by atoms with E-state index < -0.39 is 29.2 Å². The van der Waals surface area contributed by atoms with Gasteiger partial charge in [0.05, 0.1) is 11.3 Å². The number of aryl methyl sites for hydroxylation is 1. The average Bonchev–Trinajstić information content (AvgIpc) is 2.75. The molecule has 0 aliphatic rings. The summed E-state index contributed by atoms with van der Waals surface area (Å²) in [7, 11) is 1.24. The van der Waals surface area contributed by atoms with Crippen molar-refractivity contribution in [1.82, 2.24) is 9.78 Å². The van der Waals surface area contributed by atoms with E-state index in [2.05, 4.69) is 10.4 Å². The molecule has 0 spiro atoms. The molecule has 0 aliphatic carbocycles. The summed E-state index contributed by atoms with van der Waals surface area (Å²) in [6, 6.07) is 3.39. The first kappa shape index (κ1) is 15.3. The molecular formula is C12H8ClF4N3O. The lowest BCUT2D eigenvalue weighted by molar-refractivity contribution is -0.141. The second-order valence-corrected chi connectivity index (χ2v) is 4.58. The van der Waals surface area contributed by atoms with Crippen molar-refractivity contribution in [3.8, 4) is 0 Å². The highest BCUT2D eigenvalue weighted by Crippen LogP contribution is 2.31. The van der Waals surface area contributed by atoms with Crippen molar-refractivity contribution in [3.63, 3.8) is 0 Å². The van der Waals surface area contributed by atoms with Gasteiger partial charge in [0.15, 0.2) is 5.69 Å². The third kappa shape index (κ3) is 3.33. The highest BCUT2D eigenvalue weighted by molar-refractivity contribution is 6.30. The van der Waals surface area contributed by atoms with Crippen LogP contribution in [0.3, 0.4) is 0 Å². The second-order valence-electron chi connectivity index (χ2n) is 4.14. The van der Waals surface area contributed by atoms with Crippen LogP contribution in [0.1, 0.15) is 16.1 Å². The fourth-order valence-electron chi connectivity index (χ4n) is 1.64. The molecule has 2 rings (SSSR count). The zero-order valence-corrected chi connectivity index (χ0v) is 11.3. The molecule has 0 saturated heterocycles. The van der Waals surface area contributed by atoms with Crippen molar-refractivity contribution < 1.29 is 22.4 Å². The van der Waals surface area contributed by atoms with Gasteiger partial charge in [0.1, 0.15) is 5.82 Å². The fraction of sp³-hybridized carbons (Fsp3) is 0.167. The molecule has 0 aliphatic heterocycles. The number of rotatable bonds is 2. The number of carbonyl (C=O) groups excluding carboxylic acids is 1. The molecular weight excluding hydrogens is 314 g/mol. The molecule has 0 atom stereocenters. The Hall–Kier alpha value is -2.09. The Kier molecular flexibility index (Phi) is 3.91. The lowest BCUT2D eigenvalue weighted by Gasteiger charge is -2.08. The number of halogens is 5. The first-order valence-electron chi connectivity index (χ1n) is 5.55. The predicted octanol–water partition coefficient (Wildman–Crippen LogP) is 3.48. The van der Waals surface area contributed by atoms with E-state index in [0.29, 0.717) is 0 Å². The van der Waals surface area contributed by atoms with Gasteiger partial charge in [-0.25, -0.2) is 4.39 Å². The molecule has 1 N–H and O–H groups in total. The highest BCUT2D eigenvalue weighted by Gasteiger charge is 2.39. The number of alkyl halides is 3. The maximum atomic E-state index is 13.5. The van der Waals surface area contributed by atoms with Crippen LogP contribution in [0, 0.1) is 5.82 Å². The van der Waals surface area contributed by atoms with Crippen LogP contribution >= 0.6 is 11.6 Å². The van der Waals surface area contributed by atoms with Crippen LogP contribution in [0.15, 0.2) is 24.4 Å². The van der Waals surface area contributed by atoms with Crippen LogP contribution < -0.4 is 5.32 Å². The van der Waals surface area contributed by atoms with Gasteiger partial charge >= 0.3 is 6.18 Å². The van der Waals surface area contributed by atoms with Crippen LogP contribution in [0.2, 0.25) is 5.02 Å². The zero-order valence-electron chi connectivity index (χ0n) is 10.5. The monoisotopic (exact) mass is 321 g/mol. The summed E-state index contributed by atoms with van der Waals surface area (Å²) in [5, 5.41) is 5.35. The molecule has 1 aromatic heterocycles. The summed E-state index contributed by atoms with van der Waals surface area (Å²) in [6.07, 6.45) is -3.88. The van der Waals surface area contributed by atoms with Gasteiger partial charge in [-0.1, -0.05) is 11.6 Å². The van der Waals surface area contributed by atoms with E-state index in [0.717, 1.165) is 23.0 Å². The first-order chi connectivity index (χ1) is 9.68. The van der Waals surface area contributed by atoms with E-state index in [4.69, 9.17) is 11.6 Å². The molecule has 4 nitrogen and oxygen atoms in total. The van der Waals surface area contributed by atoms with E-state index >= 15 is 0 Å². The van der Waals surface area contributed by atoms with Crippen molar-refractivity contribution in [2.45, 2.75) is 6.18 Å². The van der Waals surface area contributed by atoms with Crippen molar-refractivity contribution in [2.75, 3.05) is 5.32 Å². The van der Waals surface area contributed by atoms with Crippen molar-refractivity contribution in [3.05, 3.63) is 46.5 Å². The molecule has 0 radical (unpaired) electrons. The van der Waals surface area contributed by atoms with E-state index in [1.165, 1.54) is 13.1 Å². The Morgan fingerprint density at radius 1 is 1.38 bits per heavy atom. The number of amides is 1. The molecule has 0 bridgehead atoms. The minimum absolute atomic E-state index is 0.0999. The van der Waals surface area contributed by atoms with Gasteiger partial charge in [0.25, 0.3) is 5.91 Å². The molecule has 1 aromatic carbocycles. The third-order valence-corrected chi connectivity index (χ3v) is 2.76. The largest absolute Gasteiger partial charge is 0.435 e. The van der Waals surface area contributed by atoms with E-state index in [-0.39, 0.29) is 10.7 Å². The van der Waals surface area contributed by atoms with Crippen molar-refractivity contribution >= 4 is 23.2 Å². The molecule has 0 fully saturated rings. The number of hydrogen-bond acceptors (Lipinski definition) is 2. The zero-order chi connectivity index (χ0) is 15.8. The Bertz CT molecular complexity index is 696. The molecule has 0 unspecified atom stereocenters. The number of anilines is 1. The predicted molar refractivity (Wildman–Crippen MR) is 67.6 cm³/mol. The summed E-state index contributed by atoms with van der Waals surface area (Å²) in [5.41, 5.74) is -2.31.